The molecule has 6 N–H and O–H groups in total. The predicted molar refractivity (Wildman–Crippen MR) is 100 cm³/mol. The van der Waals surface area contributed by atoms with E-state index in [0.717, 1.165) is 23.9 Å². The second-order valence-electron chi connectivity index (χ2n) is 5.67. The zero-order valence-electron chi connectivity index (χ0n) is 15.5. The number of hydrogen-bond donors (Lipinski definition) is 4. The van der Waals surface area contributed by atoms with Gasteiger partial charge in [0.05, 0.1) is 18.5 Å². The highest BCUT2D eigenvalue weighted by Crippen LogP contribution is 2.13. The van der Waals surface area contributed by atoms with Crippen molar-refractivity contribution in [3.63, 3.8) is 0 Å². The summed E-state index contributed by atoms with van der Waals surface area (Å²) in [7, 11) is 0. The first-order chi connectivity index (χ1) is 13.2. The number of carboxylic acids is 2. The minimum Gasteiger partial charge on any atom is -0.548 e. The Kier molecular flexibility index (Phi) is 13.9. The van der Waals surface area contributed by atoms with E-state index in [1.165, 1.54) is 0 Å². The van der Waals surface area contributed by atoms with E-state index in [0.29, 0.717) is 11.5 Å². The normalized spacial score (nSPS) is 13.4. The van der Waals surface area contributed by atoms with Crippen LogP contribution in [0.4, 0.5) is 0 Å². The second kappa shape index (κ2) is 15.0. The fourth-order valence-electron chi connectivity index (χ4n) is 1.85. The minimum absolute atomic E-state index is 0.00241. The van der Waals surface area contributed by atoms with Gasteiger partial charge in [0.15, 0.2) is 0 Å². The molecule has 0 aliphatic carbocycles. The molecule has 0 aromatic rings. The van der Waals surface area contributed by atoms with Crippen molar-refractivity contribution in [1.82, 2.24) is 10.6 Å². The standard InChI is InChI=1S/C15H26N4O7S2/c1-27-6-2-3-12(19-26)28-8-10(14(23)17-7-13(21)22)18-11(20)5-4-9(16)15(24)25/h9-10,26H,2-8,16H2,1H3,(H,17,23)(H,18,20)(H,21,22)(H,24,25)/p-1/b19-12+/t9-,10-/m0/s1. The highest BCUT2D eigenvalue weighted by molar-refractivity contribution is 8.14. The molecule has 0 saturated heterocycles. The topological polar surface area (TPSA) is 199 Å². The lowest BCUT2D eigenvalue weighted by Crippen LogP contribution is -2.68. The van der Waals surface area contributed by atoms with Gasteiger partial charge in [0, 0.05) is 18.6 Å². The van der Waals surface area contributed by atoms with Crippen LogP contribution in [0.3, 0.4) is 0 Å². The Bertz CT molecular complexity index is 575. The lowest BCUT2D eigenvalue weighted by Gasteiger charge is -2.19. The second-order valence-corrected chi connectivity index (χ2v) is 7.74. The first kappa shape index (κ1) is 26.0. The number of aliphatic carboxylic acids is 2. The van der Waals surface area contributed by atoms with Crippen molar-refractivity contribution in [3.8, 4) is 0 Å². The molecule has 0 fully saturated rings. The number of nitrogens with one attached hydrogen (secondary N) is 2. The van der Waals surface area contributed by atoms with Crippen LogP contribution in [0.15, 0.2) is 5.16 Å². The average Bonchev–Trinajstić information content (AvgIpc) is 2.65. The predicted octanol–water partition coefficient (Wildman–Crippen LogP) is -3.86. The molecular weight excluding hydrogens is 412 g/mol. The van der Waals surface area contributed by atoms with E-state index in [9.17, 15) is 29.4 Å². The summed E-state index contributed by atoms with van der Waals surface area (Å²) in [5.41, 5.74) is 3.34. The number of amides is 2. The lowest BCUT2D eigenvalue weighted by molar-refractivity contribution is -0.438. The molecule has 0 aliphatic heterocycles. The Morgan fingerprint density at radius 2 is 1.89 bits per heavy atom. The van der Waals surface area contributed by atoms with Gasteiger partial charge in [-0.25, -0.2) is 0 Å². The van der Waals surface area contributed by atoms with Crippen molar-refractivity contribution in [2.45, 2.75) is 37.8 Å². The highest BCUT2D eigenvalue weighted by atomic mass is 32.2. The third-order valence-corrected chi connectivity index (χ3v) is 5.20. The average molecular weight is 438 g/mol. The third kappa shape index (κ3) is 12.4. The number of hydrogen-bond acceptors (Lipinski definition) is 10. The number of carbonyl (C=O) groups is 4. The molecule has 0 rings (SSSR count). The molecule has 0 radical (unpaired) electrons. The van der Waals surface area contributed by atoms with Gasteiger partial charge < -0.3 is 41.4 Å². The Labute approximate surface area is 170 Å². The van der Waals surface area contributed by atoms with Crippen molar-refractivity contribution < 1.29 is 40.3 Å². The molecular formula is C15H25N4O7S2-. The Balaban J connectivity index is 4.80. The smallest absolute Gasteiger partial charge is 0.243 e. The SMILES string of the molecule is CSCCC/C(=N\O)SC[C@H](NC(=O)CC[C@H]([NH3+])C(=O)[O-])C(=O)NCC(=O)[O-]. The van der Waals surface area contributed by atoms with Crippen molar-refractivity contribution in [2.24, 2.45) is 5.16 Å². The van der Waals surface area contributed by atoms with E-state index in [1.54, 1.807) is 11.8 Å². The summed E-state index contributed by atoms with van der Waals surface area (Å²) < 4.78 is 0. The number of nitrogens with zero attached hydrogens (tertiary/aromatic N) is 1. The zero-order valence-corrected chi connectivity index (χ0v) is 17.1. The maximum absolute atomic E-state index is 12.1. The molecule has 13 heteroatoms. The number of rotatable bonds is 14. The molecule has 2 amide bonds. The van der Waals surface area contributed by atoms with Crippen molar-refractivity contribution in [1.29, 1.82) is 0 Å². The van der Waals surface area contributed by atoms with Crippen LogP contribution >= 0.6 is 23.5 Å². The molecule has 0 saturated carbocycles. The van der Waals surface area contributed by atoms with E-state index in [-0.39, 0.29) is 18.6 Å². The van der Waals surface area contributed by atoms with Crippen molar-refractivity contribution in [2.75, 3.05) is 24.3 Å². The highest BCUT2D eigenvalue weighted by Gasteiger charge is 2.22. The lowest BCUT2D eigenvalue weighted by atomic mass is 10.1. The summed E-state index contributed by atoms with van der Waals surface area (Å²) in [4.78, 5) is 45.3. The molecule has 28 heavy (non-hydrogen) atoms. The van der Waals surface area contributed by atoms with Crippen LogP contribution in [0.2, 0.25) is 0 Å². The number of oxime groups is 1. The van der Waals surface area contributed by atoms with Gasteiger partial charge in [-0.15, -0.1) is 11.8 Å². The summed E-state index contributed by atoms with van der Waals surface area (Å²) in [6.45, 7) is -0.726. The van der Waals surface area contributed by atoms with Crippen molar-refractivity contribution in [3.05, 3.63) is 0 Å². The molecule has 0 aromatic carbocycles. The Hall–Kier alpha value is -1.99. The van der Waals surface area contributed by atoms with Crippen LogP contribution < -0.4 is 26.6 Å². The van der Waals surface area contributed by atoms with Gasteiger partial charge in [0.25, 0.3) is 0 Å². The van der Waals surface area contributed by atoms with Gasteiger partial charge in [-0.05, 0) is 24.9 Å². The van der Waals surface area contributed by atoms with Gasteiger partial charge in [-0.2, -0.15) is 11.8 Å². The molecule has 0 spiro atoms. The summed E-state index contributed by atoms with van der Waals surface area (Å²) in [6, 6.07) is -2.18. The van der Waals surface area contributed by atoms with Crippen LogP contribution in [-0.2, 0) is 19.2 Å². The Morgan fingerprint density at radius 3 is 2.43 bits per heavy atom. The molecule has 160 valence electrons. The van der Waals surface area contributed by atoms with E-state index in [2.05, 4.69) is 21.5 Å². The van der Waals surface area contributed by atoms with Crippen LogP contribution in [-0.4, -0.2) is 70.4 Å². The van der Waals surface area contributed by atoms with E-state index in [4.69, 9.17) is 5.21 Å². The summed E-state index contributed by atoms with van der Waals surface area (Å²) in [5, 5.41) is 38.3. The summed E-state index contributed by atoms with van der Waals surface area (Å²) in [6.07, 6.45) is 2.90. The largest absolute Gasteiger partial charge is 0.548 e. The van der Waals surface area contributed by atoms with E-state index < -0.39 is 42.4 Å². The van der Waals surface area contributed by atoms with Gasteiger partial charge in [-0.1, -0.05) is 5.16 Å². The van der Waals surface area contributed by atoms with Gasteiger partial charge in [0.1, 0.15) is 17.1 Å². The number of quaternary nitrogens is 1. The molecule has 0 aromatic heterocycles. The summed E-state index contributed by atoms with van der Waals surface area (Å²) in [5.74, 6) is -3.38. The van der Waals surface area contributed by atoms with Gasteiger partial charge in [-0.3, -0.25) is 9.59 Å². The molecule has 2 atom stereocenters. The van der Waals surface area contributed by atoms with E-state index >= 15 is 0 Å². The van der Waals surface area contributed by atoms with E-state index in [1.807, 2.05) is 6.26 Å². The third-order valence-electron chi connectivity index (χ3n) is 3.38. The number of thioether (sulfide) groups is 2. The minimum atomic E-state index is -1.49. The number of carboxylic acid groups (broad SMARTS) is 2. The fourth-order valence-corrected chi connectivity index (χ4v) is 3.23. The first-order valence-electron chi connectivity index (χ1n) is 8.34. The first-order valence-corrected chi connectivity index (χ1v) is 10.7. The molecule has 11 nitrogen and oxygen atoms in total. The molecule has 0 aliphatic rings. The maximum Gasteiger partial charge on any atom is 0.243 e. The zero-order chi connectivity index (χ0) is 21.5. The van der Waals surface area contributed by atoms with Gasteiger partial charge in [0.2, 0.25) is 11.8 Å². The fraction of sp³-hybridized carbons (Fsp3) is 0.667. The monoisotopic (exact) mass is 437 g/mol. The molecule has 0 unspecified atom stereocenters. The quantitative estimate of drug-likeness (QED) is 0.0690. The number of carbonyl (C=O) groups excluding carboxylic acids is 4. The van der Waals surface area contributed by atoms with Crippen LogP contribution in [0, 0.1) is 0 Å². The summed E-state index contributed by atoms with van der Waals surface area (Å²) >= 11 is 2.68. The molecule has 0 bridgehead atoms. The van der Waals surface area contributed by atoms with Crippen molar-refractivity contribution >= 4 is 52.3 Å². The van der Waals surface area contributed by atoms with Gasteiger partial charge >= 0.3 is 0 Å². The van der Waals surface area contributed by atoms with Crippen LogP contribution in [0.1, 0.15) is 25.7 Å². The Morgan fingerprint density at radius 1 is 1.21 bits per heavy atom. The maximum atomic E-state index is 12.1. The van der Waals surface area contributed by atoms with Crippen LogP contribution in [0.25, 0.3) is 0 Å². The van der Waals surface area contributed by atoms with Crippen LogP contribution in [0.5, 0.6) is 0 Å². The molecule has 0 heterocycles.